The van der Waals surface area contributed by atoms with Crippen LogP contribution in [-0.4, -0.2) is 23.5 Å². The molecule has 1 amide bonds. The van der Waals surface area contributed by atoms with Gasteiger partial charge in [0.15, 0.2) is 5.75 Å². The SMILES string of the molecule is CCOc1ccc(C(=O)NC(C)C2CC3CCC2C3)cc1[N+](=O)[O-]. The third kappa shape index (κ3) is 3.23. The Morgan fingerprint density at radius 3 is 2.79 bits per heavy atom. The van der Waals surface area contributed by atoms with Crippen molar-refractivity contribution in [3.63, 3.8) is 0 Å². The fraction of sp³-hybridized carbons (Fsp3) is 0.611. The summed E-state index contributed by atoms with van der Waals surface area (Å²) in [6, 6.07) is 4.48. The van der Waals surface area contributed by atoms with Gasteiger partial charge in [-0.1, -0.05) is 6.42 Å². The van der Waals surface area contributed by atoms with Crippen molar-refractivity contribution in [1.82, 2.24) is 5.32 Å². The Kier molecular flexibility index (Phi) is 4.73. The molecule has 2 aliphatic carbocycles. The summed E-state index contributed by atoms with van der Waals surface area (Å²) in [6.45, 7) is 4.15. The van der Waals surface area contributed by atoms with E-state index in [9.17, 15) is 14.9 Å². The van der Waals surface area contributed by atoms with Gasteiger partial charge in [0.25, 0.3) is 5.91 Å². The summed E-state index contributed by atoms with van der Waals surface area (Å²) >= 11 is 0. The van der Waals surface area contributed by atoms with E-state index in [1.165, 1.54) is 37.8 Å². The molecule has 0 radical (unpaired) electrons. The number of ether oxygens (including phenoxy) is 1. The van der Waals surface area contributed by atoms with E-state index in [0.29, 0.717) is 18.1 Å². The summed E-state index contributed by atoms with van der Waals surface area (Å²) in [5.41, 5.74) is 0.136. The lowest BCUT2D eigenvalue weighted by Crippen LogP contribution is -2.40. The minimum atomic E-state index is -0.513. The van der Waals surface area contributed by atoms with Gasteiger partial charge in [-0.3, -0.25) is 14.9 Å². The van der Waals surface area contributed by atoms with E-state index in [0.717, 1.165) is 11.8 Å². The van der Waals surface area contributed by atoms with E-state index >= 15 is 0 Å². The van der Waals surface area contributed by atoms with Gasteiger partial charge in [0.05, 0.1) is 11.5 Å². The third-order valence-corrected chi connectivity index (χ3v) is 5.51. The van der Waals surface area contributed by atoms with Gasteiger partial charge in [0, 0.05) is 17.7 Å². The second-order valence-electron chi connectivity index (χ2n) is 6.97. The van der Waals surface area contributed by atoms with Crippen LogP contribution in [0.3, 0.4) is 0 Å². The lowest BCUT2D eigenvalue weighted by molar-refractivity contribution is -0.385. The normalized spacial score (nSPS) is 26.2. The molecule has 130 valence electrons. The second kappa shape index (κ2) is 6.79. The van der Waals surface area contributed by atoms with Crippen molar-refractivity contribution < 1.29 is 14.5 Å². The molecular weight excluding hydrogens is 308 g/mol. The van der Waals surface area contributed by atoms with Gasteiger partial charge in [0.1, 0.15) is 0 Å². The molecule has 6 heteroatoms. The number of nitrogens with zero attached hydrogens (tertiary/aromatic N) is 1. The lowest BCUT2D eigenvalue weighted by atomic mass is 9.84. The molecule has 2 bridgehead atoms. The number of carbonyl (C=O) groups is 1. The van der Waals surface area contributed by atoms with E-state index in [1.54, 1.807) is 13.0 Å². The van der Waals surface area contributed by atoms with Crippen molar-refractivity contribution in [2.75, 3.05) is 6.61 Å². The summed E-state index contributed by atoms with van der Waals surface area (Å²) in [5.74, 6) is 2.02. The third-order valence-electron chi connectivity index (χ3n) is 5.51. The van der Waals surface area contributed by atoms with E-state index in [-0.39, 0.29) is 23.4 Å². The van der Waals surface area contributed by atoms with Crippen molar-refractivity contribution in [3.8, 4) is 5.75 Å². The minimum absolute atomic E-state index is 0.0958. The monoisotopic (exact) mass is 332 g/mol. The molecule has 6 nitrogen and oxygen atoms in total. The van der Waals surface area contributed by atoms with Gasteiger partial charge >= 0.3 is 5.69 Å². The molecule has 2 fully saturated rings. The Balaban J connectivity index is 1.70. The molecule has 3 rings (SSSR count). The van der Waals surface area contributed by atoms with Crippen LogP contribution in [0.1, 0.15) is 49.9 Å². The molecule has 24 heavy (non-hydrogen) atoms. The van der Waals surface area contributed by atoms with Crippen molar-refractivity contribution in [3.05, 3.63) is 33.9 Å². The van der Waals surface area contributed by atoms with Crippen molar-refractivity contribution in [2.24, 2.45) is 17.8 Å². The fourth-order valence-corrected chi connectivity index (χ4v) is 4.38. The van der Waals surface area contributed by atoms with Gasteiger partial charge < -0.3 is 10.1 Å². The molecule has 0 aromatic heterocycles. The fourth-order valence-electron chi connectivity index (χ4n) is 4.38. The standard InChI is InChI=1S/C18H24N2O4/c1-3-24-17-7-6-14(10-16(17)20(22)23)18(21)19-11(2)15-9-12-4-5-13(15)8-12/h6-7,10-13,15H,3-5,8-9H2,1-2H3,(H,19,21). The number of benzene rings is 1. The smallest absolute Gasteiger partial charge is 0.311 e. The van der Waals surface area contributed by atoms with Gasteiger partial charge in [-0.25, -0.2) is 0 Å². The summed E-state index contributed by atoms with van der Waals surface area (Å²) < 4.78 is 5.26. The first kappa shape index (κ1) is 16.7. The van der Waals surface area contributed by atoms with E-state index in [4.69, 9.17) is 4.74 Å². The Labute approximate surface area is 141 Å². The van der Waals surface area contributed by atoms with E-state index in [1.807, 2.05) is 6.92 Å². The largest absolute Gasteiger partial charge is 0.487 e. The highest BCUT2D eigenvalue weighted by molar-refractivity contribution is 5.95. The maximum absolute atomic E-state index is 12.5. The molecule has 1 aromatic carbocycles. The number of amides is 1. The number of carbonyl (C=O) groups excluding carboxylic acids is 1. The molecule has 4 unspecified atom stereocenters. The van der Waals surface area contributed by atoms with Gasteiger partial charge in [0.2, 0.25) is 0 Å². The molecule has 1 aromatic rings. The molecule has 0 heterocycles. The predicted molar refractivity (Wildman–Crippen MR) is 90.1 cm³/mol. The summed E-state index contributed by atoms with van der Waals surface area (Å²) in [5, 5.41) is 14.2. The van der Waals surface area contributed by atoms with Crippen LogP contribution in [0, 0.1) is 27.9 Å². The first-order valence-corrected chi connectivity index (χ1v) is 8.71. The molecule has 0 spiro atoms. The summed E-state index contributed by atoms with van der Waals surface area (Å²) in [6.07, 6.45) is 5.08. The average Bonchev–Trinajstić information content (AvgIpc) is 3.18. The van der Waals surface area contributed by atoms with Gasteiger partial charge in [-0.05, 0) is 63.0 Å². The quantitative estimate of drug-likeness (QED) is 0.638. The summed E-state index contributed by atoms with van der Waals surface area (Å²) in [4.78, 5) is 23.2. The molecule has 2 saturated carbocycles. The first-order valence-electron chi connectivity index (χ1n) is 8.71. The van der Waals surface area contributed by atoms with Crippen LogP contribution in [0.15, 0.2) is 18.2 Å². The number of hydrogen-bond acceptors (Lipinski definition) is 4. The average molecular weight is 332 g/mol. The van der Waals surface area contributed by atoms with Gasteiger partial charge in [-0.2, -0.15) is 0 Å². The van der Waals surface area contributed by atoms with Crippen LogP contribution in [-0.2, 0) is 0 Å². The Morgan fingerprint density at radius 2 is 2.21 bits per heavy atom. The topological polar surface area (TPSA) is 81.5 Å². The van der Waals surface area contributed by atoms with Crippen LogP contribution >= 0.6 is 0 Å². The van der Waals surface area contributed by atoms with Crippen LogP contribution in [0.4, 0.5) is 5.69 Å². The first-order chi connectivity index (χ1) is 11.5. The molecule has 0 saturated heterocycles. The Morgan fingerprint density at radius 1 is 1.42 bits per heavy atom. The molecule has 0 aliphatic heterocycles. The Hall–Kier alpha value is -2.11. The van der Waals surface area contributed by atoms with E-state index in [2.05, 4.69) is 5.32 Å². The highest BCUT2D eigenvalue weighted by Crippen LogP contribution is 2.49. The number of fused-ring (bicyclic) bond motifs is 2. The maximum Gasteiger partial charge on any atom is 0.311 e. The van der Waals surface area contributed by atoms with Crippen LogP contribution in [0.25, 0.3) is 0 Å². The number of nitro groups is 1. The molecule has 4 atom stereocenters. The Bertz CT molecular complexity index is 646. The van der Waals surface area contributed by atoms with Crippen LogP contribution < -0.4 is 10.1 Å². The zero-order valence-electron chi connectivity index (χ0n) is 14.2. The van der Waals surface area contributed by atoms with Crippen LogP contribution in [0.5, 0.6) is 5.75 Å². The number of hydrogen-bond donors (Lipinski definition) is 1. The van der Waals surface area contributed by atoms with Crippen molar-refractivity contribution >= 4 is 11.6 Å². The zero-order chi connectivity index (χ0) is 17.3. The lowest BCUT2D eigenvalue weighted by Gasteiger charge is -2.28. The van der Waals surface area contributed by atoms with Crippen molar-refractivity contribution in [2.45, 2.75) is 45.6 Å². The van der Waals surface area contributed by atoms with Crippen LogP contribution in [0.2, 0.25) is 0 Å². The second-order valence-corrected chi connectivity index (χ2v) is 6.97. The van der Waals surface area contributed by atoms with E-state index < -0.39 is 4.92 Å². The highest BCUT2D eigenvalue weighted by atomic mass is 16.6. The number of nitrogens with one attached hydrogen (secondary N) is 1. The maximum atomic E-state index is 12.5. The minimum Gasteiger partial charge on any atom is -0.487 e. The zero-order valence-corrected chi connectivity index (χ0v) is 14.2. The molecule has 1 N–H and O–H groups in total. The number of nitro benzene ring substituents is 1. The van der Waals surface area contributed by atoms with Crippen molar-refractivity contribution in [1.29, 1.82) is 0 Å². The number of rotatable bonds is 6. The molecule has 2 aliphatic rings. The predicted octanol–water partition coefficient (Wildman–Crippen LogP) is 3.55. The summed E-state index contributed by atoms with van der Waals surface area (Å²) in [7, 11) is 0. The molecular formula is C18H24N2O4. The van der Waals surface area contributed by atoms with Gasteiger partial charge in [-0.15, -0.1) is 0 Å². The highest BCUT2D eigenvalue weighted by Gasteiger charge is 2.42.